The second-order valence-electron chi connectivity index (χ2n) is 3.56. The Kier molecular flexibility index (Phi) is 3.73. The molecule has 0 aromatic heterocycles. The van der Waals surface area contributed by atoms with Crippen LogP contribution < -0.4 is 0 Å². The molecule has 0 unspecified atom stereocenters. The van der Waals surface area contributed by atoms with Crippen molar-refractivity contribution in [2.75, 3.05) is 0 Å². The van der Waals surface area contributed by atoms with Gasteiger partial charge in [0.15, 0.2) is 0 Å². The van der Waals surface area contributed by atoms with Gasteiger partial charge in [0.2, 0.25) is 0 Å². The molecule has 2 rings (SSSR count). The van der Waals surface area contributed by atoms with Gasteiger partial charge in [-0.2, -0.15) is 0 Å². The van der Waals surface area contributed by atoms with E-state index in [2.05, 4.69) is 0 Å². The maximum absolute atomic E-state index is 10.4. The lowest BCUT2D eigenvalue weighted by Gasteiger charge is -2.07. The lowest BCUT2D eigenvalue weighted by atomic mass is 9.99. The van der Waals surface area contributed by atoms with Crippen molar-refractivity contribution < 1.29 is 4.79 Å². The number of benzene rings is 2. The molecular weight excluding hydrogens is 232 g/mol. The molecule has 2 aromatic rings. The summed E-state index contributed by atoms with van der Waals surface area (Å²) in [5.74, 6) is 0. The quantitative estimate of drug-likeness (QED) is 0.582. The van der Waals surface area contributed by atoms with Gasteiger partial charge in [0.05, 0.1) is 0 Å². The molecule has 0 N–H and O–H groups in total. The Morgan fingerprint density at radius 3 is 2.24 bits per heavy atom. The summed E-state index contributed by atoms with van der Waals surface area (Å²) in [4.78, 5) is 10.4. The first-order valence-electron chi connectivity index (χ1n) is 5.28. The monoisotopic (exact) mass is 242 g/mol. The van der Waals surface area contributed by atoms with E-state index >= 15 is 0 Å². The van der Waals surface area contributed by atoms with E-state index in [-0.39, 0.29) is 0 Å². The van der Waals surface area contributed by atoms with Crippen LogP contribution in [-0.2, 0) is 4.79 Å². The van der Waals surface area contributed by atoms with Gasteiger partial charge in [-0.05, 0) is 23.3 Å². The summed E-state index contributed by atoms with van der Waals surface area (Å²) in [6.45, 7) is 0. The number of carbonyl (C=O) groups excluding carboxylic acids is 1. The smallest absolute Gasteiger partial charge is 0.142 e. The van der Waals surface area contributed by atoms with E-state index in [1.165, 1.54) is 6.08 Å². The van der Waals surface area contributed by atoms with E-state index in [9.17, 15) is 4.79 Å². The maximum atomic E-state index is 10.4. The molecule has 2 heteroatoms. The average Bonchev–Trinajstić information content (AvgIpc) is 2.37. The fraction of sp³-hybridized carbons (Fsp3) is 0. The van der Waals surface area contributed by atoms with Gasteiger partial charge in [0.25, 0.3) is 0 Å². The number of halogens is 1. The van der Waals surface area contributed by atoms with Gasteiger partial charge in [-0.1, -0.05) is 60.1 Å². The third kappa shape index (κ3) is 2.63. The van der Waals surface area contributed by atoms with Crippen molar-refractivity contribution in [3.8, 4) is 11.1 Å². The third-order valence-electron chi connectivity index (χ3n) is 2.48. The van der Waals surface area contributed by atoms with Crippen molar-refractivity contribution in [3.05, 3.63) is 65.2 Å². The Bertz CT molecular complexity index is 558. The number of hydrogen-bond acceptors (Lipinski definition) is 1. The number of carbonyl (C=O) groups is 1. The lowest BCUT2D eigenvalue weighted by Crippen LogP contribution is -1.84. The molecule has 0 aliphatic carbocycles. The predicted octanol–water partition coefficient (Wildman–Crippen LogP) is 4.22. The maximum Gasteiger partial charge on any atom is 0.142 e. The SMILES string of the molecule is O=C/C=C/c1ccccc1-c1ccccc1Cl. The summed E-state index contributed by atoms with van der Waals surface area (Å²) < 4.78 is 0. The second-order valence-corrected chi connectivity index (χ2v) is 3.97. The molecule has 0 bridgehead atoms. The standard InChI is InChI=1S/C15H11ClO/c16-15-10-4-3-9-14(15)13-8-2-1-6-12(13)7-5-11-17/h1-11H/b7-5+. The molecule has 0 aliphatic heterocycles. The Balaban J connectivity index is 2.56. The number of allylic oxidation sites excluding steroid dienone is 1. The number of aldehydes is 1. The summed E-state index contributed by atoms with van der Waals surface area (Å²) in [7, 11) is 0. The van der Waals surface area contributed by atoms with Gasteiger partial charge in [-0.3, -0.25) is 4.79 Å². The second kappa shape index (κ2) is 5.46. The Morgan fingerprint density at radius 2 is 1.53 bits per heavy atom. The number of hydrogen-bond donors (Lipinski definition) is 0. The molecule has 0 spiro atoms. The van der Waals surface area contributed by atoms with Gasteiger partial charge in [-0.25, -0.2) is 0 Å². The largest absolute Gasteiger partial charge is 0.299 e. The topological polar surface area (TPSA) is 17.1 Å². The molecule has 0 saturated heterocycles. The summed E-state index contributed by atoms with van der Waals surface area (Å²) in [6.07, 6.45) is 4.03. The van der Waals surface area contributed by atoms with Crippen molar-refractivity contribution in [2.24, 2.45) is 0 Å². The zero-order chi connectivity index (χ0) is 12.1. The Morgan fingerprint density at radius 1 is 0.882 bits per heavy atom. The van der Waals surface area contributed by atoms with Crippen molar-refractivity contribution in [2.45, 2.75) is 0 Å². The molecule has 0 amide bonds. The zero-order valence-corrected chi connectivity index (χ0v) is 9.89. The van der Waals surface area contributed by atoms with Crippen LogP contribution in [0.2, 0.25) is 5.02 Å². The highest BCUT2D eigenvalue weighted by Crippen LogP contribution is 2.30. The van der Waals surface area contributed by atoms with Crippen LogP contribution in [0.15, 0.2) is 54.6 Å². The van der Waals surface area contributed by atoms with E-state index in [0.717, 1.165) is 23.0 Å². The van der Waals surface area contributed by atoms with E-state index in [4.69, 9.17) is 11.6 Å². The summed E-state index contributed by atoms with van der Waals surface area (Å²) in [5, 5.41) is 0.708. The van der Waals surface area contributed by atoms with Crippen molar-refractivity contribution in [3.63, 3.8) is 0 Å². The Labute approximate surface area is 105 Å². The molecular formula is C15H11ClO. The van der Waals surface area contributed by atoms with Gasteiger partial charge >= 0.3 is 0 Å². The average molecular weight is 243 g/mol. The van der Waals surface area contributed by atoms with Crippen molar-refractivity contribution in [1.82, 2.24) is 0 Å². The normalized spacial score (nSPS) is 10.6. The zero-order valence-electron chi connectivity index (χ0n) is 9.14. The first-order chi connectivity index (χ1) is 8.33. The van der Waals surface area contributed by atoms with E-state index in [1.54, 1.807) is 6.08 Å². The fourth-order valence-electron chi connectivity index (χ4n) is 1.71. The molecule has 17 heavy (non-hydrogen) atoms. The molecule has 0 heterocycles. The fourth-order valence-corrected chi connectivity index (χ4v) is 1.95. The number of rotatable bonds is 3. The van der Waals surface area contributed by atoms with Crippen LogP contribution in [0.4, 0.5) is 0 Å². The van der Waals surface area contributed by atoms with Crippen LogP contribution in [-0.4, -0.2) is 6.29 Å². The molecule has 2 aromatic carbocycles. The van der Waals surface area contributed by atoms with E-state index < -0.39 is 0 Å². The molecule has 0 aliphatic rings. The van der Waals surface area contributed by atoms with Crippen molar-refractivity contribution >= 4 is 24.0 Å². The van der Waals surface area contributed by atoms with Crippen LogP contribution in [0.1, 0.15) is 5.56 Å². The van der Waals surface area contributed by atoms with Crippen LogP contribution in [0.5, 0.6) is 0 Å². The van der Waals surface area contributed by atoms with Crippen molar-refractivity contribution in [1.29, 1.82) is 0 Å². The minimum Gasteiger partial charge on any atom is -0.299 e. The Hall–Kier alpha value is -1.86. The highest BCUT2D eigenvalue weighted by Gasteiger charge is 2.05. The molecule has 1 nitrogen and oxygen atoms in total. The minimum atomic E-state index is 0.708. The van der Waals surface area contributed by atoms with Crippen LogP contribution in [0.3, 0.4) is 0 Å². The van der Waals surface area contributed by atoms with Crippen LogP contribution in [0.25, 0.3) is 17.2 Å². The van der Waals surface area contributed by atoms with Gasteiger partial charge < -0.3 is 0 Å². The summed E-state index contributed by atoms with van der Waals surface area (Å²) in [5.41, 5.74) is 2.98. The third-order valence-corrected chi connectivity index (χ3v) is 2.81. The molecule has 0 atom stereocenters. The minimum absolute atomic E-state index is 0.708. The summed E-state index contributed by atoms with van der Waals surface area (Å²) in [6, 6.07) is 15.5. The molecule has 84 valence electrons. The van der Waals surface area contributed by atoms with E-state index in [1.807, 2.05) is 48.5 Å². The first-order valence-corrected chi connectivity index (χ1v) is 5.66. The van der Waals surface area contributed by atoms with E-state index in [0.29, 0.717) is 5.02 Å². The van der Waals surface area contributed by atoms with Gasteiger partial charge in [0.1, 0.15) is 6.29 Å². The van der Waals surface area contributed by atoms with Gasteiger partial charge in [-0.15, -0.1) is 0 Å². The van der Waals surface area contributed by atoms with Gasteiger partial charge in [0, 0.05) is 10.6 Å². The van der Waals surface area contributed by atoms with Crippen LogP contribution in [0, 0.1) is 0 Å². The summed E-state index contributed by atoms with van der Waals surface area (Å²) >= 11 is 6.17. The first kappa shape index (κ1) is 11.6. The van der Waals surface area contributed by atoms with Crippen LogP contribution >= 0.6 is 11.6 Å². The highest BCUT2D eigenvalue weighted by atomic mass is 35.5. The highest BCUT2D eigenvalue weighted by molar-refractivity contribution is 6.33. The molecule has 0 fully saturated rings. The lowest BCUT2D eigenvalue weighted by molar-refractivity contribution is -0.104. The molecule has 0 radical (unpaired) electrons. The predicted molar refractivity (Wildman–Crippen MR) is 72.0 cm³/mol. The molecule has 0 saturated carbocycles.